The van der Waals surface area contributed by atoms with Crippen molar-refractivity contribution in [3.05, 3.63) is 41.0 Å². The summed E-state index contributed by atoms with van der Waals surface area (Å²) in [7, 11) is 0. The Balaban J connectivity index is 2.98. The third kappa shape index (κ3) is 3.13. The third-order valence-electron chi connectivity index (χ3n) is 2.40. The quantitative estimate of drug-likeness (QED) is 0.814. The second kappa shape index (κ2) is 5.39. The monoisotopic (exact) mass is 255 g/mol. The van der Waals surface area contributed by atoms with E-state index in [1.165, 1.54) is 13.8 Å². The molecule has 0 radical (unpaired) electrons. The highest BCUT2D eigenvalue weighted by Gasteiger charge is 2.14. The van der Waals surface area contributed by atoms with Gasteiger partial charge in [-0.25, -0.2) is 13.6 Å². The van der Waals surface area contributed by atoms with Gasteiger partial charge >= 0.3 is 5.97 Å². The number of anilines is 1. The van der Waals surface area contributed by atoms with Crippen LogP contribution in [-0.2, 0) is 9.59 Å². The number of halogens is 2. The fraction of sp³-hybridized carbons (Fsp3) is 0.167. The van der Waals surface area contributed by atoms with Gasteiger partial charge in [0.1, 0.15) is 11.6 Å². The first-order chi connectivity index (χ1) is 8.32. The molecule has 96 valence electrons. The molecular weight excluding hydrogens is 244 g/mol. The van der Waals surface area contributed by atoms with Crippen LogP contribution in [0.3, 0.4) is 0 Å². The summed E-state index contributed by atoms with van der Waals surface area (Å²) in [5.74, 6) is -3.55. The van der Waals surface area contributed by atoms with Crippen LogP contribution in [0.4, 0.5) is 14.5 Å². The molecule has 1 aromatic rings. The van der Waals surface area contributed by atoms with E-state index < -0.39 is 23.5 Å². The average molecular weight is 255 g/mol. The summed E-state index contributed by atoms with van der Waals surface area (Å²) in [4.78, 5) is 22.2. The number of amides is 1. The van der Waals surface area contributed by atoms with Gasteiger partial charge in [0, 0.05) is 17.2 Å². The molecule has 18 heavy (non-hydrogen) atoms. The first-order valence-corrected chi connectivity index (χ1v) is 5.00. The Labute approximate surface area is 102 Å². The average Bonchev–Trinajstić information content (AvgIpc) is 2.31. The minimum Gasteiger partial charge on any atom is -0.478 e. The lowest BCUT2D eigenvalue weighted by atomic mass is 10.1. The number of carboxylic acids is 1. The first kappa shape index (κ1) is 13.8. The number of hydrogen-bond donors (Lipinski definition) is 2. The lowest BCUT2D eigenvalue weighted by molar-refractivity contribution is -0.133. The highest BCUT2D eigenvalue weighted by Crippen LogP contribution is 2.16. The molecule has 0 bridgehead atoms. The highest BCUT2D eigenvalue weighted by atomic mass is 19.1. The minimum absolute atomic E-state index is 0.0776. The van der Waals surface area contributed by atoms with Gasteiger partial charge in [-0.2, -0.15) is 0 Å². The molecule has 0 fully saturated rings. The van der Waals surface area contributed by atoms with Crippen LogP contribution in [0.15, 0.2) is 29.3 Å². The molecule has 6 heteroatoms. The number of carbonyl (C=O) groups excluding carboxylic acids is 1. The van der Waals surface area contributed by atoms with Crippen LogP contribution in [0, 0.1) is 11.6 Å². The predicted molar refractivity (Wildman–Crippen MR) is 61.0 cm³/mol. The predicted octanol–water partition coefficient (Wildman–Crippen LogP) is 2.32. The zero-order valence-corrected chi connectivity index (χ0v) is 9.75. The van der Waals surface area contributed by atoms with E-state index in [0.29, 0.717) is 0 Å². The molecule has 4 nitrogen and oxygen atoms in total. The molecule has 1 amide bonds. The van der Waals surface area contributed by atoms with Crippen LogP contribution < -0.4 is 5.32 Å². The lowest BCUT2D eigenvalue weighted by Crippen LogP contribution is -2.17. The van der Waals surface area contributed by atoms with Gasteiger partial charge in [-0.15, -0.1) is 0 Å². The largest absolute Gasteiger partial charge is 0.478 e. The fourth-order valence-corrected chi connectivity index (χ4v) is 1.14. The number of rotatable bonds is 3. The zero-order valence-electron chi connectivity index (χ0n) is 9.75. The molecule has 0 saturated heterocycles. The second-order valence-electron chi connectivity index (χ2n) is 3.63. The molecule has 0 heterocycles. The van der Waals surface area contributed by atoms with Crippen LogP contribution >= 0.6 is 0 Å². The summed E-state index contributed by atoms with van der Waals surface area (Å²) in [6, 6.07) is 2.60. The van der Waals surface area contributed by atoms with Gasteiger partial charge in [-0.3, -0.25) is 4.79 Å². The maximum atomic E-state index is 13.2. The third-order valence-corrected chi connectivity index (χ3v) is 2.40. The van der Waals surface area contributed by atoms with Gasteiger partial charge < -0.3 is 10.4 Å². The van der Waals surface area contributed by atoms with Crippen LogP contribution in [0.5, 0.6) is 0 Å². The summed E-state index contributed by atoms with van der Waals surface area (Å²) in [5, 5.41) is 10.8. The number of nitrogens with one attached hydrogen (secondary N) is 1. The normalized spacial score (nSPS) is 11.8. The summed E-state index contributed by atoms with van der Waals surface area (Å²) >= 11 is 0. The molecule has 1 aromatic carbocycles. The molecule has 0 aromatic heterocycles. The van der Waals surface area contributed by atoms with E-state index in [2.05, 4.69) is 5.32 Å². The Hall–Kier alpha value is -2.24. The summed E-state index contributed by atoms with van der Waals surface area (Å²) in [5.41, 5.74) is -0.576. The molecular formula is C12H11F2NO3. The molecule has 0 saturated carbocycles. The Morgan fingerprint density at radius 2 is 1.78 bits per heavy atom. The first-order valence-electron chi connectivity index (χ1n) is 5.00. The molecule has 1 rings (SSSR count). The van der Waals surface area contributed by atoms with E-state index in [9.17, 15) is 18.4 Å². The number of carboxylic acid groups (broad SMARTS) is 1. The lowest BCUT2D eigenvalue weighted by Gasteiger charge is -2.08. The van der Waals surface area contributed by atoms with Crippen LogP contribution in [0.1, 0.15) is 13.8 Å². The van der Waals surface area contributed by atoms with Gasteiger partial charge in [0.25, 0.3) is 5.91 Å². The minimum atomic E-state index is -1.25. The van der Waals surface area contributed by atoms with E-state index in [-0.39, 0.29) is 16.8 Å². The summed E-state index contributed by atoms with van der Waals surface area (Å²) < 4.78 is 26.1. The maximum Gasteiger partial charge on any atom is 0.331 e. The van der Waals surface area contributed by atoms with Gasteiger partial charge in [0.15, 0.2) is 0 Å². The number of hydrogen-bond acceptors (Lipinski definition) is 2. The maximum absolute atomic E-state index is 13.2. The van der Waals surface area contributed by atoms with Crippen molar-refractivity contribution in [2.24, 2.45) is 0 Å². The highest BCUT2D eigenvalue weighted by molar-refractivity contribution is 6.08. The van der Waals surface area contributed by atoms with E-state index in [1.54, 1.807) is 0 Å². The molecule has 0 atom stereocenters. The van der Waals surface area contributed by atoms with E-state index in [0.717, 1.165) is 18.2 Å². The topological polar surface area (TPSA) is 66.4 Å². The van der Waals surface area contributed by atoms with Gasteiger partial charge in [0.05, 0.1) is 5.69 Å². The molecule has 0 aliphatic rings. The number of benzene rings is 1. The zero-order chi connectivity index (χ0) is 13.9. The van der Waals surface area contributed by atoms with Crippen LogP contribution in [0.25, 0.3) is 0 Å². The van der Waals surface area contributed by atoms with Crippen molar-refractivity contribution >= 4 is 17.6 Å². The number of aliphatic carboxylic acids is 1. The van der Waals surface area contributed by atoms with Gasteiger partial charge in [0.2, 0.25) is 0 Å². The molecule has 0 spiro atoms. The molecule has 0 unspecified atom stereocenters. The molecule has 0 aliphatic heterocycles. The van der Waals surface area contributed by atoms with Gasteiger partial charge in [-0.1, -0.05) is 0 Å². The van der Waals surface area contributed by atoms with Crippen LogP contribution in [-0.4, -0.2) is 17.0 Å². The Kier molecular flexibility index (Phi) is 4.14. The van der Waals surface area contributed by atoms with Crippen molar-refractivity contribution in [3.63, 3.8) is 0 Å². The van der Waals surface area contributed by atoms with E-state index in [1.807, 2.05) is 0 Å². The van der Waals surface area contributed by atoms with Crippen molar-refractivity contribution < 1.29 is 23.5 Å². The van der Waals surface area contributed by atoms with Crippen molar-refractivity contribution in [2.45, 2.75) is 13.8 Å². The van der Waals surface area contributed by atoms with E-state index >= 15 is 0 Å². The molecule has 0 aliphatic carbocycles. The van der Waals surface area contributed by atoms with Crippen molar-refractivity contribution in [2.75, 3.05) is 5.32 Å². The standard InChI is InChI=1S/C12H11F2NO3/c1-6(7(2)12(17)18)11(16)15-10-5-8(13)3-4-9(10)14/h3-5H,1-2H3,(H,15,16)(H,17,18). The Bertz CT molecular complexity index is 538. The van der Waals surface area contributed by atoms with Gasteiger partial charge in [-0.05, 0) is 26.0 Å². The van der Waals surface area contributed by atoms with Crippen LogP contribution in [0.2, 0.25) is 0 Å². The van der Waals surface area contributed by atoms with Crippen molar-refractivity contribution in [1.82, 2.24) is 0 Å². The Morgan fingerprint density at radius 1 is 1.17 bits per heavy atom. The SMILES string of the molecule is CC(C(=O)O)=C(C)C(=O)Nc1cc(F)ccc1F. The smallest absolute Gasteiger partial charge is 0.331 e. The second-order valence-corrected chi connectivity index (χ2v) is 3.63. The number of carbonyl (C=O) groups is 2. The van der Waals surface area contributed by atoms with E-state index in [4.69, 9.17) is 5.11 Å². The summed E-state index contributed by atoms with van der Waals surface area (Å²) in [6.07, 6.45) is 0. The summed E-state index contributed by atoms with van der Waals surface area (Å²) in [6.45, 7) is 2.54. The van der Waals surface area contributed by atoms with Crippen molar-refractivity contribution in [1.29, 1.82) is 0 Å². The Morgan fingerprint density at radius 3 is 2.33 bits per heavy atom. The van der Waals surface area contributed by atoms with Crippen molar-refractivity contribution in [3.8, 4) is 0 Å². The fourth-order valence-electron chi connectivity index (χ4n) is 1.14. The molecule has 2 N–H and O–H groups in total.